The minimum absolute atomic E-state index is 0.120. The van der Waals surface area contributed by atoms with E-state index in [1.54, 1.807) is 11.9 Å². The topological polar surface area (TPSA) is 81.7 Å². The van der Waals surface area contributed by atoms with Gasteiger partial charge in [0.25, 0.3) is 0 Å². The number of likely N-dealkylation sites (N-methyl/N-ethyl adjacent to an activating group) is 2. The van der Waals surface area contributed by atoms with Crippen LogP contribution in [0.15, 0.2) is 0 Å². The molecule has 0 aliphatic rings. The fourth-order valence-electron chi connectivity index (χ4n) is 1.11. The third-order valence-corrected chi connectivity index (χ3v) is 2.14. The second kappa shape index (κ2) is 8.96. The predicted molar refractivity (Wildman–Crippen MR) is 61.4 cm³/mol. The van der Waals surface area contributed by atoms with E-state index in [0.717, 1.165) is 6.54 Å². The largest absolute Gasteiger partial charge is 0.481 e. The number of carbonyl (C=O) groups excluding carboxylic acids is 1. The molecule has 6 heteroatoms. The molecule has 0 rings (SSSR count). The quantitative estimate of drug-likeness (QED) is 0.518. The molecule has 16 heavy (non-hydrogen) atoms. The van der Waals surface area contributed by atoms with E-state index in [1.165, 1.54) is 0 Å². The van der Waals surface area contributed by atoms with Gasteiger partial charge in [-0.15, -0.1) is 0 Å². The Morgan fingerprint density at radius 2 is 1.94 bits per heavy atom. The third-order valence-electron chi connectivity index (χ3n) is 2.14. The summed E-state index contributed by atoms with van der Waals surface area (Å²) in [7, 11) is 3.56. The van der Waals surface area contributed by atoms with Crippen LogP contribution in [0.2, 0.25) is 0 Å². The molecule has 0 saturated heterocycles. The molecule has 3 N–H and O–H groups in total. The van der Waals surface area contributed by atoms with Crippen LogP contribution in [0, 0.1) is 0 Å². The summed E-state index contributed by atoms with van der Waals surface area (Å²) in [6.45, 7) is 1.93. The molecule has 0 unspecified atom stereocenters. The normalized spacial score (nSPS) is 9.88. The van der Waals surface area contributed by atoms with Gasteiger partial charge in [0, 0.05) is 33.1 Å². The van der Waals surface area contributed by atoms with Gasteiger partial charge in [0.2, 0.25) is 0 Å². The zero-order valence-electron chi connectivity index (χ0n) is 9.95. The van der Waals surface area contributed by atoms with Crippen LogP contribution in [0.3, 0.4) is 0 Å². The van der Waals surface area contributed by atoms with Gasteiger partial charge in [0.15, 0.2) is 0 Å². The average molecular weight is 231 g/mol. The number of unbranched alkanes of at least 4 members (excludes halogenated alkanes) is 1. The lowest BCUT2D eigenvalue weighted by atomic mass is 10.2. The summed E-state index contributed by atoms with van der Waals surface area (Å²) in [5, 5.41) is 14.1. The molecular weight excluding hydrogens is 210 g/mol. The van der Waals surface area contributed by atoms with Crippen LogP contribution in [0.1, 0.15) is 19.3 Å². The van der Waals surface area contributed by atoms with Crippen molar-refractivity contribution >= 4 is 12.0 Å². The minimum atomic E-state index is -0.794. The lowest BCUT2D eigenvalue weighted by Gasteiger charge is -2.17. The highest BCUT2D eigenvalue weighted by Gasteiger charge is 2.06. The first-order valence-corrected chi connectivity index (χ1v) is 5.43. The number of hydrogen-bond acceptors (Lipinski definition) is 3. The second-order valence-electron chi connectivity index (χ2n) is 3.61. The number of nitrogens with one attached hydrogen (secondary N) is 2. The molecule has 0 spiro atoms. The van der Waals surface area contributed by atoms with Gasteiger partial charge in [-0.25, -0.2) is 4.79 Å². The van der Waals surface area contributed by atoms with Gasteiger partial charge in [0.1, 0.15) is 0 Å². The van der Waals surface area contributed by atoms with E-state index >= 15 is 0 Å². The van der Waals surface area contributed by atoms with E-state index in [0.29, 0.717) is 25.9 Å². The van der Waals surface area contributed by atoms with Gasteiger partial charge in [-0.2, -0.15) is 0 Å². The smallest absolute Gasteiger partial charge is 0.317 e. The molecule has 0 fully saturated rings. The van der Waals surface area contributed by atoms with Gasteiger partial charge in [-0.05, 0) is 19.9 Å². The summed E-state index contributed by atoms with van der Waals surface area (Å²) in [4.78, 5) is 23.2. The van der Waals surface area contributed by atoms with Crippen LogP contribution >= 0.6 is 0 Å². The number of rotatable bonds is 8. The highest BCUT2D eigenvalue weighted by molar-refractivity contribution is 5.73. The first-order valence-electron chi connectivity index (χ1n) is 5.43. The maximum atomic E-state index is 11.4. The van der Waals surface area contributed by atoms with Crippen LogP contribution in [0.4, 0.5) is 4.79 Å². The average Bonchev–Trinajstić information content (AvgIpc) is 2.24. The number of urea groups is 1. The van der Waals surface area contributed by atoms with Crippen LogP contribution < -0.4 is 10.6 Å². The molecule has 94 valence electrons. The Morgan fingerprint density at radius 3 is 2.50 bits per heavy atom. The second-order valence-corrected chi connectivity index (χ2v) is 3.61. The summed E-state index contributed by atoms with van der Waals surface area (Å²) < 4.78 is 0. The van der Waals surface area contributed by atoms with Gasteiger partial charge in [0.05, 0.1) is 0 Å². The van der Waals surface area contributed by atoms with E-state index in [2.05, 4.69) is 10.6 Å². The van der Waals surface area contributed by atoms with E-state index in [1.807, 2.05) is 7.05 Å². The Labute approximate surface area is 96.0 Å². The van der Waals surface area contributed by atoms with Crippen molar-refractivity contribution in [3.63, 3.8) is 0 Å². The summed E-state index contributed by atoms with van der Waals surface area (Å²) >= 11 is 0. The number of hydrogen-bond donors (Lipinski definition) is 3. The number of carbonyl (C=O) groups is 2. The maximum Gasteiger partial charge on any atom is 0.317 e. The van der Waals surface area contributed by atoms with Crippen molar-refractivity contribution < 1.29 is 14.7 Å². The Balaban J connectivity index is 3.45. The molecule has 0 saturated carbocycles. The van der Waals surface area contributed by atoms with E-state index in [4.69, 9.17) is 5.11 Å². The number of amides is 2. The van der Waals surface area contributed by atoms with E-state index in [-0.39, 0.29) is 12.5 Å². The van der Waals surface area contributed by atoms with Gasteiger partial charge in [-0.1, -0.05) is 0 Å². The van der Waals surface area contributed by atoms with Gasteiger partial charge >= 0.3 is 12.0 Å². The van der Waals surface area contributed by atoms with Crippen LogP contribution in [0.25, 0.3) is 0 Å². The number of carboxylic acids is 1. The Kier molecular flexibility index (Phi) is 8.24. The molecule has 0 radical (unpaired) electrons. The molecule has 0 atom stereocenters. The van der Waals surface area contributed by atoms with Crippen molar-refractivity contribution in [1.82, 2.24) is 15.5 Å². The van der Waals surface area contributed by atoms with Crippen LogP contribution in [-0.4, -0.2) is 55.7 Å². The molecule has 0 aromatic heterocycles. The standard InChI is InChI=1S/C10H21N3O3/c1-11-7-8-13(2)10(16)12-6-4-3-5-9(14)15/h11H,3-8H2,1-2H3,(H,12,16)(H,14,15). The van der Waals surface area contributed by atoms with Crippen molar-refractivity contribution in [2.45, 2.75) is 19.3 Å². The SMILES string of the molecule is CNCCN(C)C(=O)NCCCCC(=O)O. The van der Waals surface area contributed by atoms with Crippen molar-refractivity contribution in [3.05, 3.63) is 0 Å². The molecule has 6 nitrogen and oxygen atoms in total. The molecule has 2 amide bonds. The van der Waals surface area contributed by atoms with Crippen molar-refractivity contribution in [2.75, 3.05) is 33.7 Å². The van der Waals surface area contributed by atoms with E-state index < -0.39 is 5.97 Å². The van der Waals surface area contributed by atoms with Crippen molar-refractivity contribution in [3.8, 4) is 0 Å². The fraction of sp³-hybridized carbons (Fsp3) is 0.800. The molecular formula is C10H21N3O3. The van der Waals surface area contributed by atoms with E-state index in [9.17, 15) is 9.59 Å². The van der Waals surface area contributed by atoms with Crippen LogP contribution in [0.5, 0.6) is 0 Å². The molecule has 0 bridgehead atoms. The minimum Gasteiger partial charge on any atom is -0.481 e. The zero-order chi connectivity index (χ0) is 12.4. The van der Waals surface area contributed by atoms with Crippen LogP contribution in [-0.2, 0) is 4.79 Å². The summed E-state index contributed by atoms with van der Waals surface area (Å²) in [5.74, 6) is -0.794. The Hall–Kier alpha value is -1.30. The fourth-order valence-corrected chi connectivity index (χ4v) is 1.11. The molecule has 0 aliphatic heterocycles. The van der Waals surface area contributed by atoms with Gasteiger partial charge in [-0.3, -0.25) is 4.79 Å². The first kappa shape index (κ1) is 14.7. The Morgan fingerprint density at radius 1 is 1.25 bits per heavy atom. The Bertz CT molecular complexity index is 221. The number of aliphatic carboxylic acids is 1. The zero-order valence-corrected chi connectivity index (χ0v) is 9.95. The summed E-state index contributed by atoms with van der Waals surface area (Å²) in [6, 6.07) is -0.120. The monoisotopic (exact) mass is 231 g/mol. The highest BCUT2D eigenvalue weighted by atomic mass is 16.4. The van der Waals surface area contributed by atoms with Crippen molar-refractivity contribution in [2.24, 2.45) is 0 Å². The number of nitrogens with zero attached hydrogens (tertiary/aromatic N) is 1. The lowest BCUT2D eigenvalue weighted by molar-refractivity contribution is -0.137. The number of carboxylic acid groups (broad SMARTS) is 1. The molecule has 0 heterocycles. The van der Waals surface area contributed by atoms with Gasteiger partial charge < -0.3 is 20.6 Å². The highest BCUT2D eigenvalue weighted by Crippen LogP contribution is 1.93. The molecule has 0 aliphatic carbocycles. The predicted octanol–water partition coefficient (Wildman–Crippen LogP) is 0.102. The lowest BCUT2D eigenvalue weighted by Crippen LogP contribution is -2.40. The maximum absolute atomic E-state index is 11.4. The first-order chi connectivity index (χ1) is 7.57. The van der Waals surface area contributed by atoms with Crippen molar-refractivity contribution in [1.29, 1.82) is 0 Å². The molecule has 0 aromatic rings. The summed E-state index contributed by atoms with van der Waals surface area (Å²) in [5.41, 5.74) is 0. The third kappa shape index (κ3) is 8.05. The molecule has 0 aromatic carbocycles. The summed E-state index contributed by atoms with van der Waals surface area (Å²) in [6.07, 6.45) is 1.44.